The van der Waals surface area contributed by atoms with Crippen LogP contribution in [0, 0.1) is 5.41 Å². The van der Waals surface area contributed by atoms with E-state index in [0.717, 1.165) is 42.9 Å². The van der Waals surface area contributed by atoms with Crippen molar-refractivity contribution in [1.29, 1.82) is 0 Å². The molecule has 3 heterocycles. The second-order valence-electron chi connectivity index (χ2n) is 8.77. The third-order valence-corrected chi connectivity index (χ3v) is 5.96. The Kier molecular flexibility index (Phi) is 6.42. The molecule has 1 atom stereocenters. The fourth-order valence-electron chi connectivity index (χ4n) is 4.48. The molecule has 31 heavy (non-hydrogen) atoms. The summed E-state index contributed by atoms with van der Waals surface area (Å²) >= 11 is 0. The van der Waals surface area contributed by atoms with Crippen LogP contribution in [-0.2, 0) is 17.8 Å². The fourth-order valence-corrected chi connectivity index (χ4v) is 4.48. The molecule has 3 aromatic rings. The first-order valence-electron chi connectivity index (χ1n) is 11.0. The lowest BCUT2D eigenvalue weighted by Crippen LogP contribution is -2.46. The van der Waals surface area contributed by atoms with E-state index in [4.69, 9.17) is 0 Å². The molecule has 0 spiro atoms. The molecule has 1 aliphatic rings. The maximum absolute atomic E-state index is 13.5. The predicted octanol–water partition coefficient (Wildman–Crippen LogP) is 4.10. The Bertz CT molecular complexity index is 1010. The maximum Gasteiger partial charge on any atom is 0.228 e. The number of hydrogen-bond acceptors (Lipinski definition) is 4. The van der Waals surface area contributed by atoms with Gasteiger partial charge in [-0.15, -0.1) is 0 Å². The van der Waals surface area contributed by atoms with Gasteiger partial charge in [0.05, 0.1) is 11.1 Å². The number of nitrogens with zero attached hydrogens (tertiary/aromatic N) is 3. The molecule has 1 saturated heterocycles. The first kappa shape index (κ1) is 21.2. The number of likely N-dealkylation sites (tertiary alicyclic amines) is 1. The van der Waals surface area contributed by atoms with Crippen LogP contribution in [0.1, 0.15) is 31.5 Å². The molecule has 5 heteroatoms. The molecule has 0 aliphatic carbocycles. The summed E-state index contributed by atoms with van der Waals surface area (Å²) in [6.45, 7) is 6.42. The highest BCUT2D eigenvalue weighted by Crippen LogP contribution is 2.38. The summed E-state index contributed by atoms with van der Waals surface area (Å²) in [7, 11) is 0. The van der Waals surface area contributed by atoms with E-state index < -0.39 is 5.41 Å². The lowest BCUT2D eigenvalue weighted by Gasteiger charge is -2.30. The number of amides is 1. The summed E-state index contributed by atoms with van der Waals surface area (Å²) in [5, 5.41) is 3.20. The van der Waals surface area contributed by atoms with Gasteiger partial charge in [-0.1, -0.05) is 36.4 Å². The molecule has 1 N–H and O–H groups in total. The number of benzene rings is 1. The van der Waals surface area contributed by atoms with E-state index in [2.05, 4.69) is 50.5 Å². The van der Waals surface area contributed by atoms with Crippen molar-refractivity contribution >= 4 is 5.91 Å². The van der Waals surface area contributed by atoms with Crippen LogP contribution in [0.4, 0.5) is 0 Å². The molecule has 2 aromatic heterocycles. The standard InChI is InChI=1S/C26H30N4O/c1-20(2)29-25(31)26(12-15-30(19-26)18-23-10-5-6-14-28-23)16-21-8-3-4-11-24(21)22-9-7-13-27-17-22/h3-11,13-14,17,20H,12,15-16,18-19H2,1-2H3,(H,29,31)/t26-/m0/s1. The van der Waals surface area contributed by atoms with Gasteiger partial charge in [-0.3, -0.25) is 19.7 Å². The van der Waals surface area contributed by atoms with E-state index in [-0.39, 0.29) is 11.9 Å². The first-order chi connectivity index (χ1) is 15.1. The molecular weight excluding hydrogens is 384 g/mol. The fraction of sp³-hybridized carbons (Fsp3) is 0.346. The van der Waals surface area contributed by atoms with Gasteiger partial charge in [0.2, 0.25) is 5.91 Å². The van der Waals surface area contributed by atoms with Crippen molar-refractivity contribution in [2.45, 2.75) is 39.3 Å². The smallest absolute Gasteiger partial charge is 0.228 e. The zero-order chi connectivity index (χ0) is 21.7. The summed E-state index contributed by atoms with van der Waals surface area (Å²) in [6.07, 6.45) is 7.04. The Labute approximate surface area is 184 Å². The molecule has 1 amide bonds. The van der Waals surface area contributed by atoms with Gasteiger partial charge in [-0.25, -0.2) is 0 Å². The summed E-state index contributed by atoms with van der Waals surface area (Å²) in [5.74, 6) is 0.145. The van der Waals surface area contributed by atoms with E-state index in [0.29, 0.717) is 6.42 Å². The lowest BCUT2D eigenvalue weighted by atomic mass is 9.78. The van der Waals surface area contributed by atoms with Gasteiger partial charge < -0.3 is 5.32 Å². The highest BCUT2D eigenvalue weighted by molar-refractivity contribution is 5.84. The van der Waals surface area contributed by atoms with Crippen molar-refractivity contribution in [3.63, 3.8) is 0 Å². The van der Waals surface area contributed by atoms with Crippen molar-refractivity contribution in [1.82, 2.24) is 20.2 Å². The summed E-state index contributed by atoms with van der Waals surface area (Å²) in [4.78, 5) is 24.6. The van der Waals surface area contributed by atoms with Crippen LogP contribution in [-0.4, -0.2) is 39.9 Å². The van der Waals surface area contributed by atoms with Gasteiger partial charge in [0.1, 0.15) is 0 Å². The van der Waals surface area contributed by atoms with Gasteiger partial charge >= 0.3 is 0 Å². The van der Waals surface area contributed by atoms with Crippen molar-refractivity contribution in [3.05, 3.63) is 84.4 Å². The molecule has 4 rings (SSSR count). The molecule has 0 bridgehead atoms. The van der Waals surface area contributed by atoms with Crippen LogP contribution in [0.2, 0.25) is 0 Å². The highest BCUT2D eigenvalue weighted by atomic mass is 16.2. The second kappa shape index (κ2) is 9.40. The number of aromatic nitrogens is 2. The second-order valence-corrected chi connectivity index (χ2v) is 8.77. The maximum atomic E-state index is 13.5. The number of carbonyl (C=O) groups excluding carboxylic acids is 1. The molecule has 0 radical (unpaired) electrons. The summed E-state index contributed by atoms with van der Waals surface area (Å²) in [5.41, 5.74) is 4.00. The van der Waals surface area contributed by atoms with Crippen molar-refractivity contribution in [3.8, 4) is 11.1 Å². The van der Waals surface area contributed by atoms with Gasteiger partial charge in [0.25, 0.3) is 0 Å². The van der Waals surface area contributed by atoms with Crippen LogP contribution >= 0.6 is 0 Å². The molecule has 1 fully saturated rings. The highest BCUT2D eigenvalue weighted by Gasteiger charge is 2.45. The zero-order valence-corrected chi connectivity index (χ0v) is 18.3. The molecule has 5 nitrogen and oxygen atoms in total. The number of rotatable bonds is 7. The van der Waals surface area contributed by atoms with E-state index in [1.807, 2.05) is 50.5 Å². The summed E-state index contributed by atoms with van der Waals surface area (Å²) < 4.78 is 0. The van der Waals surface area contributed by atoms with Crippen molar-refractivity contribution in [2.75, 3.05) is 13.1 Å². The van der Waals surface area contributed by atoms with Gasteiger partial charge in [0.15, 0.2) is 0 Å². The average molecular weight is 415 g/mol. The third-order valence-electron chi connectivity index (χ3n) is 5.96. The Morgan fingerprint density at radius 2 is 1.94 bits per heavy atom. The third kappa shape index (κ3) is 5.00. The quantitative estimate of drug-likeness (QED) is 0.632. The minimum atomic E-state index is -0.461. The minimum absolute atomic E-state index is 0.114. The monoisotopic (exact) mass is 414 g/mol. The summed E-state index contributed by atoms with van der Waals surface area (Å²) in [6, 6.07) is 18.5. The number of hydrogen-bond donors (Lipinski definition) is 1. The molecule has 1 aromatic carbocycles. The average Bonchev–Trinajstić information content (AvgIpc) is 3.19. The minimum Gasteiger partial charge on any atom is -0.353 e. The van der Waals surface area contributed by atoms with E-state index in [1.165, 1.54) is 5.56 Å². The van der Waals surface area contributed by atoms with Crippen LogP contribution < -0.4 is 5.32 Å². The lowest BCUT2D eigenvalue weighted by molar-refractivity contribution is -0.131. The van der Waals surface area contributed by atoms with Crippen molar-refractivity contribution < 1.29 is 4.79 Å². The van der Waals surface area contributed by atoms with Crippen LogP contribution in [0.25, 0.3) is 11.1 Å². The SMILES string of the molecule is CC(C)NC(=O)[C@]1(Cc2ccccc2-c2cccnc2)CCN(Cc2ccccn2)C1. The molecule has 0 unspecified atom stereocenters. The van der Waals surface area contributed by atoms with E-state index in [9.17, 15) is 4.79 Å². The number of nitrogens with one attached hydrogen (secondary N) is 1. The van der Waals surface area contributed by atoms with Gasteiger partial charge in [-0.2, -0.15) is 0 Å². The molecule has 0 saturated carbocycles. The van der Waals surface area contributed by atoms with E-state index >= 15 is 0 Å². The number of carbonyl (C=O) groups is 1. The Morgan fingerprint density at radius 1 is 1.10 bits per heavy atom. The molecule has 160 valence electrons. The normalized spacial score (nSPS) is 18.9. The van der Waals surface area contributed by atoms with Crippen LogP contribution in [0.5, 0.6) is 0 Å². The predicted molar refractivity (Wildman–Crippen MR) is 123 cm³/mol. The van der Waals surface area contributed by atoms with Gasteiger partial charge in [0, 0.05) is 43.3 Å². The molecule has 1 aliphatic heterocycles. The largest absolute Gasteiger partial charge is 0.353 e. The van der Waals surface area contributed by atoms with Crippen molar-refractivity contribution in [2.24, 2.45) is 5.41 Å². The Morgan fingerprint density at radius 3 is 2.68 bits per heavy atom. The van der Waals surface area contributed by atoms with Gasteiger partial charge in [-0.05, 0) is 62.6 Å². The number of pyridine rings is 2. The zero-order valence-electron chi connectivity index (χ0n) is 18.3. The first-order valence-corrected chi connectivity index (χ1v) is 11.0. The topological polar surface area (TPSA) is 58.1 Å². The van der Waals surface area contributed by atoms with Crippen LogP contribution in [0.15, 0.2) is 73.2 Å². The Hall–Kier alpha value is -3.05. The van der Waals surface area contributed by atoms with Crippen LogP contribution in [0.3, 0.4) is 0 Å². The van der Waals surface area contributed by atoms with E-state index in [1.54, 1.807) is 6.20 Å². The Balaban J connectivity index is 1.62. The molecular formula is C26H30N4O.